The minimum absolute atomic E-state index is 0.0984. The van der Waals surface area contributed by atoms with Gasteiger partial charge in [0.15, 0.2) is 0 Å². The molecule has 3 heteroatoms. The van der Waals surface area contributed by atoms with E-state index in [1.165, 1.54) is 0 Å². The van der Waals surface area contributed by atoms with E-state index in [2.05, 4.69) is 6.92 Å². The number of hydrogen-bond acceptors (Lipinski definition) is 3. The van der Waals surface area contributed by atoms with Gasteiger partial charge in [-0.15, -0.1) is 0 Å². The van der Waals surface area contributed by atoms with Gasteiger partial charge in [-0.05, 0) is 19.0 Å². The Kier molecular flexibility index (Phi) is 5.29. The Morgan fingerprint density at radius 1 is 1.38 bits per heavy atom. The molecule has 0 saturated heterocycles. The predicted octanol–water partition coefficient (Wildman–Crippen LogP) is 2.10. The molecule has 16 heavy (non-hydrogen) atoms. The largest absolute Gasteiger partial charge is 0.496 e. The topological polar surface area (TPSA) is 55.5 Å². The Morgan fingerprint density at radius 3 is 2.62 bits per heavy atom. The van der Waals surface area contributed by atoms with Gasteiger partial charge in [-0.2, -0.15) is 0 Å². The number of methoxy groups -OCH3 is 1. The molecule has 2 unspecified atom stereocenters. The third-order valence-electron chi connectivity index (χ3n) is 2.87. The fourth-order valence-corrected chi connectivity index (χ4v) is 1.94. The van der Waals surface area contributed by atoms with Crippen molar-refractivity contribution in [2.75, 3.05) is 13.7 Å². The van der Waals surface area contributed by atoms with E-state index in [1.807, 2.05) is 24.3 Å². The van der Waals surface area contributed by atoms with Crippen LogP contribution >= 0.6 is 0 Å². The highest BCUT2D eigenvalue weighted by Crippen LogP contribution is 2.31. The summed E-state index contributed by atoms with van der Waals surface area (Å²) in [6.45, 7) is 2.59. The number of benzene rings is 1. The zero-order chi connectivity index (χ0) is 12.0. The maximum absolute atomic E-state index is 10.3. The highest BCUT2D eigenvalue weighted by atomic mass is 16.5. The first-order chi connectivity index (χ1) is 7.74. The molecule has 0 aliphatic carbocycles. The van der Waals surface area contributed by atoms with Crippen molar-refractivity contribution in [1.29, 1.82) is 0 Å². The van der Waals surface area contributed by atoms with Gasteiger partial charge in [-0.3, -0.25) is 0 Å². The summed E-state index contributed by atoms with van der Waals surface area (Å²) in [6.07, 6.45) is 1.41. The molecule has 0 radical (unpaired) electrons. The van der Waals surface area contributed by atoms with Crippen LogP contribution in [0.1, 0.15) is 31.4 Å². The molecule has 0 aromatic heterocycles. The summed E-state index contributed by atoms with van der Waals surface area (Å²) in [7, 11) is 1.61. The first-order valence-electron chi connectivity index (χ1n) is 5.75. The van der Waals surface area contributed by atoms with Crippen molar-refractivity contribution in [2.45, 2.75) is 25.9 Å². The molecule has 0 fully saturated rings. The molecule has 90 valence electrons. The summed E-state index contributed by atoms with van der Waals surface area (Å²) < 4.78 is 5.24. The van der Waals surface area contributed by atoms with E-state index in [9.17, 15) is 5.11 Å². The van der Waals surface area contributed by atoms with Crippen molar-refractivity contribution in [3.05, 3.63) is 29.8 Å². The standard InChI is InChI=1S/C13H21NO2/c1-3-6-10(9-14)13(15)11-7-4-5-8-12(11)16-2/h4-5,7-8,10,13,15H,3,6,9,14H2,1-2H3. The maximum atomic E-state index is 10.3. The number of nitrogens with two attached hydrogens (primary N) is 1. The summed E-state index contributed by atoms with van der Waals surface area (Å²) in [5, 5.41) is 10.3. The van der Waals surface area contributed by atoms with Crippen LogP contribution in [0.25, 0.3) is 0 Å². The van der Waals surface area contributed by atoms with Gasteiger partial charge in [-0.1, -0.05) is 31.5 Å². The van der Waals surface area contributed by atoms with Crippen LogP contribution < -0.4 is 10.5 Å². The molecule has 0 saturated carbocycles. The van der Waals surface area contributed by atoms with Crippen LogP contribution in [0.3, 0.4) is 0 Å². The lowest BCUT2D eigenvalue weighted by Gasteiger charge is -2.22. The van der Waals surface area contributed by atoms with Crippen LogP contribution in [0.15, 0.2) is 24.3 Å². The van der Waals surface area contributed by atoms with E-state index in [-0.39, 0.29) is 5.92 Å². The smallest absolute Gasteiger partial charge is 0.124 e. The van der Waals surface area contributed by atoms with Crippen molar-refractivity contribution >= 4 is 0 Å². The monoisotopic (exact) mass is 223 g/mol. The van der Waals surface area contributed by atoms with Gasteiger partial charge in [0, 0.05) is 11.5 Å². The molecule has 1 aromatic carbocycles. The van der Waals surface area contributed by atoms with Gasteiger partial charge in [0.1, 0.15) is 5.75 Å². The van der Waals surface area contributed by atoms with Crippen LogP contribution in [0.5, 0.6) is 5.75 Å². The number of aliphatic hydroxyl groups excluding tert-OH is 1. The van der Waals surface area contributed by atoms with Crippen molar-refractivity contribution in [3.63, 3.8) is 0 Å². The van der Waals surface area contributed by atoms with Crippen molar-refractivity contribution in [1.82, 2.24) is 0 Å². The number of aliphatic hydroxyl groups is 1. The number of hydrogen-bond donors (Lipinski definition) is 2. The Balaban J connectivity index is 2.88. The summed E-state index contributed by atoms with van der Waals surface area (Å²) in [5.41, 5.74) is 6.52. The first kappa shape index (κ1) is 13.0. The van der Waals surface area contributed by atoms with Gasteiger partial charge in [-0.25, -0.2) is 0 Å². The van der Waals surface area contributed by atoms with Crippen LogP contribution in [-0.2, 0) is 0 Å². The molecule has 3 nitrogen and oxygen atoms in total. The average Bonchev–Trinajstić information content (AvgIpc) is 2.35. The van der Waals surface area contributed by atoms with E-state index >= 15 is 0 Å². The zero-order valence-corrected chi connectivity index (χ0v) is 10.0. The second-order valence-electron chi connectivity index (χ2n) is 3.97. The highest BCUT2D eigenvalue weighted by molar-refractivity contribution is 5.35. The van der Waals surface area contributed by atoms with E-state index in [0.717, 1.165) is 24.2 Å². The number of ether oxygens (including phenoxy) is 1. The third-order valence-corrected chi connectivity index (χ3v) is 2.87. The molecule has 0 aliphatic heterocycles. The van der Waals surface area contributed by atoms with Crippen LogP contribution in [0.4, 0.5) is 0 Å². The maximum Gasteiger partial charge on any atom is 0.124 e. The molecule has 2 atom stereocenters. The molecule has 0 aliphatic rings. The normalized spacial score (nSPS) is 14.5. The fourth-order valence-electron chi connectivity index (χ4n) is 1.94. The average molecular weight is 223 g/mol. The molecule has 3 N–H and O–H groups in total. The van der Waals surface area contributed by atoms with Gasteiger partial charge >= 0.3 is 0 Å². The van der Waals surface area contributed by atoms with E-state index in [1.54, 1.807) is 7.11 Å². The lowest BCUT2D eigenvalue weighted by molar-refractivity contribution is 0.104. The Labute approximate surface area is 97.2 Å². The second kappa shape index (κ2) is 6.51. The first-order valence-corrected chi connectivity index (χ1v) is 5.75. The molecule has 0 heterocycles. The Morgan fingerprint density at radius 2 is 2.06 bits per heavy atom. The van der Waals surface area contributed by atoms with Crippen LogP contribution in [0.2, 0.25) is 0 Å². The summed E-state index contributed by atoms with van der Waals surface area (Å²) in [5.74, 6) is 0.825. The Bertz CT molecular complexity index is 315. The highest BCUT2D eigenvalue weighted by Gasteiger charge is 2.21. The van der Waals surface area contributed by atoms with Gasteiger partial charge in [0.25, 0.3) is 0 Å². The summed E-state index contributed by atoms with van der Waals surface area (Å²) in [4.78, 5) is 0. The lowest BCUT2D eigenvalue weighted by Crippen LogP contribution is -2.22. The fraction of sp³-hybridized carbons (Fsp3) is 0.538. The van der Waals surface area contributed by atoms with Gasteiger partial charge < -0.3 is 15.6 Å². The van der Waals surface area contributed by atoms with Crippen molar-refractivity contribution in [2.24, 2.45) is 11.7 Å². The summed E-state index contributed by atoms with van der Waals surface area (Å²) >= 11 is 0. The minimum Gasteiger partial charge on any atom is -0.496 e. The second-order valence-corrected chi connectivity index (χ2v) is 3.97. The number of rotatable bonds is 6. The van der Waals surface area contributed by atoms with Gasteiger partial charge in [0.2, 0.25) is 0 Å². The quantitative estimate of drug-likeness (QED) is 0.776. The zero-order valence-electron chi connectivity index (χ0n) is 10.0. The summed E-state index contributed by atoms with van der Waals surface area (Å²) in [6, 6.07) is 7.55. The van der Waals surface area contributed by atoms with Gasteiger partial charge in [0.05, 0.1) is 13.2 Å². The SMILES string of the molecule is CCCC(CN)C(O)c1ccccc1OC. The van der Waals surface area contributed by atoms with E-state index in [0.29, 0.717) is 6.54 Å². The van der Waals surface area contributed by atoms with E-state index < -0.39 is 6.10 Å². The van der Waals surface area contributed by atoms with Crippen molar-refractivity contribution < 1.29 is 9.84 Å². The van der Waals surface area contributed by atoms with Crippen LogP contribution in [0, 0.1) is 5.92 Å². The van der Waals surface area contributed by atoms with Crippen molar-refractivity contribution in [3.8, 4) is 5.75 Å². The van der Waals surface area contributed by atoms with Crippen LogP contribution in [-0.4, -0.2) is 18.8 Å². The molecule has 1 aromatic rings. The number of para-hydroxylation sites is 1. The molecular weight excluding hydrogens is 202 g/mol. The molecule has 1 rings (SSSR count). The molecule has 0 amide bonds. The van der Waals surface area contributed by atoms with E-state index in [4.69, 9.17) is 10.5 Å². The predicted molar refractivity (Wildman–Crippen MR) is 65.4 cm³/mol. The Hall–Kier alpha value is -1.06. The molecule has 0 bridgehead atoms. The molecular formula is C13H21NO2. The third kappa shape index (κ3) is 2.97. The molecule has 0 spiro atoms. The lowest BCUT2D eigenvalue weighted by atomic mass is 9.91. The minimum atomic E-state index is -0.541.